The molecule has 0 fully saturated rings. The van der Waals surface area contributed by atoms with Crippen molar-refractivity contribution in [2.24, 2.45) is 0 Å². The van der Waals surface area contributed by atoms with Gasteiger partial charge >= 0.3 is 0 Å². The summed E-state index contributed by atoms with van der Waals surface area (Å²) in [6, 6.07) is 14.1. The number of rotatable bonds is 9. The van der Waals surface area contributed by atoms with E-state index in [2.05, 4.69) is 5.32 Å². The zero-order valence-electron chi connectivity index (χ0n) is 19.2. The number of halogens is 1. The molecule has 0 saturated carbocycles. The highest BCUT2D eigenvalue weighted by molar-refractivity contribution is 7.92. The average Bonchev–Trinajstić information content (AvgIpc) is 2.82. The SMILES string of the molecule is COc1ccc(C)cc1NC(=O)CN(c1ccc(F)cc1)S(=O)(=O)c1ccc(OC)c(OC)c1. The monoisotopic (exact) mass is 488 g/mol. The van der Waals surface area contributed by atoms with Crippen molar-refractivity contribution in [3.8, 4) is 17.2 Å². The Morgan fingerprint density at radius 1 is 0.882 bits per heavy atom. The number of hydrogen-bond acceptors (Lipinski definition) is 6. The molecule has 0 saturated heterocycles. The minimum Gasteiger partial charge on any atom is -0.495 e. The number of carbonyl (C=O) groups excluding carboxylic acids is 1. The first-order chi connectivity index (χ1) is 16.2. The van der Waals surface area contributed by atoms with E-state index in [9.17, 15) is 17.6 Å². The van der Waals surface area contributed by atoms with Crippen LogP contribution in [0.1, 0.15) is 5.56 Å². The van der Waals surface area contributed by atoms with Crippen molar-refractivity contribution in [3.63, 3.8) is 0 Å². The van der Waals surface area contributed by atoms with Gasteiger partial charge in [-0.25, -0.2) is 12.8 Å². The number of sulfonamides is 1. The Morgan fingerprint density at radius 2 is 1.50 bits per heavy atom. The van der Waals surface area contributed by atoms with Gasteiger partial charge in [-0.2, -0.15) is 0 Å². The van der Waals surface area contributed by atoms with Gasteiger partial charge in [-0.15, -0.1) is 0 Å². The number of methoxy groups -OCH3 is 3. The highest BCUT2D eigenvalue weighted by Crippen LogP contribution is 2.32. The second-order valence-corrected chi connectivity index (χ2v) is 9.12. The molecule has 34 heavy (non-hydrogen) atoms. The van der Waals surface area contributed by atoms with E-state index in [1.165, 1.54) is 51.7 Å². The van der Waals surface area contributed by atoms with Crippen LogP contribution in [0, 0.1) is 12.7 Å². The summed E-state index contributed by atoms with van der Waals surface area (Å²) < 4.78 is 57.3. The summed E-state index contributed by atoms with van der Waals surface area (Å²) in [5.41, 5.74) is 1.39. The second-order valence-electron chi connectivity index (χ2n) is 7.26. The van der Waals surface area contributed by atoms with Crippen molar-refractivity contribution in [2.75, 3.05) is 37.5 Å². The van der Waals surface area contributed by atoms with Crippen LogP contribution in [0.25, 0.3) is 0 Å². The molecule has 0 aliphatic carbocycles. The normalized spacial score (nSPS) is 11.0. The van der Waals surface area contributed by atoms with Crippen molar-refractivity contribution in [1.29, 1.82) is 0 Å². The fourth-order valence-corrected chi connectivity index (χ4v) is 4.70. The minimum absolute atomic E-state index is 0.113. The van der Waals surface area contributed by atoms with Gasteiger partial charge in [-0.1, -0.05) is 6.07 Å². The van der Waals surface area contributed by atoms with Crippen molar-refractivity contribution in [2.45, 2.75) is 11.8 Å². The summed E-state index contributed by atoms with van der Waals surface area (Å²) in [4.78, 5) is 12.8. The smallest absolute Gasteiger partial charge is 0.264 e. The molecule has 0 spiro atoms. The Labute approximate surface area is 197 Å². The molecule has 10 heteroatoms. The predicted molar refractivity (Wildman–Crippen MR) is 127 cm³/mol. The van der Waals surface area contributed by atoms with Gasteiger partial charge in [-0.05, 0) is 61.0 Å². The molecule has 0 aromatic heterocycles. The number of aryl methyl sites for hydroxylation is 1. The van der Waals surface area contributed by atoms with Crippen molar-refractivity contribution in [1.82, 2.24) is 0 Å². The summed E-state index contributed by atoms with van der Waals surface area (Å²) in [5, 5.41) is 2.69. The van der Waals surface area contributed by atoms with Crippen LogP contribution in [-0.4, -0.2) is 42.2 Å². The lowest BCUT2D eigenvalue weighted by Gasteiger charge is -2.24. The van der Waals surface area contributed by atoms with Crippen molar-refractivity contribution < 1.29 is 31.8 Å². The maximum atomic E-state index is 13.6. The van der Waals surface area contributed by atoms with Crippen LogP contribution in [-0.2, 0) is 14.8 Å². The van der Waals surface area contributed by atoms with Gasteiger partial charge in [0.1, 0.15) is 18.1 Å². The van der Waals surface area contributed by atoms with Crippen LogP contribution in [0.4, 0.5) is 15.8 Å². The maximum absolute atomic E-state index is 13.6. The number of ether oxygens (including phenoxy) is 3. The molecular formula is C24H25FN2O6S. The number of nitrogens with zero attached hydrogens (tertiary/aromatic N) is 1. The van der Waals surface area contributed by atoms with Gasteiger partial charge in [0.25, 0.3) is 10.0 Å². The maximum Gasteiger partial charge on any atom is 0.264 e. The van der Waals surface area contributed by atoms with Crippen LogP contribution in [0.2, 0.25) is 0 Å². The molecule has 0 aliphatic heterocycles. The molecule has 3 aromatic rings. The van der Waals surface area contributed by atoms with Crippen LogP contribution in [0.3, 0.4) is 0 Å². The fourth-order valence-electron chi connectivity index (χ4n) is 3.27. The molecule has 3 rings (SSSR count). The van der Waals surface area contributed by atoms with Crippen molar-refractivity contribution >= 4 is 27.3 Å². The number of anilines is 2. The van der Waals surface area contributed by atoms with Crippen LogP contribution < -0.4 is 23.8 Å². The summed E-state index contributed by atoms with van der Waals surface area (Å²) in [5.74, 6) is -0.177. The molecule has 1 N–H and O–H groups in total. The van der Waals surface area contributed by atoms with Gasteiger partial charge in [0, 0.05) is 6.07 Å². The highest BCUT2D eigenvalue weighted by atomic mass is 32.2. The first-order valence-corrected chi connectivity index (χ1v) is 11.6. The Bertz CT molecular complexity index is 1280. The molecule has 0 unspecified atom stereocenters. The molecule has 3 aromatic carbocycles. The average molecular weight is 489 g/mol. The lowest BCUT2D eigenvalue weighted by Crippen LogP contribution is -2.38. The second kappa shape index (κ2) is 10.4. The van der Waals surface area contributed by atoms with Crippen molar-refractivity contribution in [3.05, 3.63) is 72.0 Å². The number of nitrogens with one attached hydrogen (secondary N) is 1. The van der Waals surface area contributed by atoms with E-state index in [1.54, 1.807) is 12.1 Å². The summed E-state index contributed by atoms with van der Waals surface area (Å²) in [6.07, 6.45) is 0. The third-order valence-electron chi connectivity index (χ3n) is 4.97. The lowest BCUT2D eigenvalue weighted by molar-refractivity contribution is -0.114. The Kier molecular flexibility index (Phi) is 7.62. The standard InChI is InChI=1S/C24H25FN2O6S/c1-16-5-11-21(31-2)20(13-16)26-24(28)15-27(18-8-6-17(25)7-9-18)34(29,30)19-10-12-22(32-3)23(14-19)33-4/h5-14H,15H2,1-4H3,(H,26,28). The number of benzene rings is 3. The fraction of sp³-hybridized carbons (Fsp3) is 0.208. The third-order valence-corrected chi connectivity index (χ3v) is 6.74. The van der Waals surface area contributed by atoms with E-state index in [4.69, 9.17) is 14.2 Å². The van der Waals surface area contributed by atoms with Crippen LogP contribution in [0.5, 0.6) is 17.2 Å². The molecule has 0 heterocycles. The Morgan fingerprint density at radius 3 is 2.12 bits per heavy atom. The van der Waals surface area contributed by atoms with E-state index < -0.39 is 28.3 Å². The van der Waals surface area contributed by atoms with E-state index in [1.807, 2.05) is 13.0 Å². The first kappa shape index (κ1) is 24.8. The Balaban J connectivity index is 2.00. The number of hydrogen-bond donors (Lipinski definition) is 1. The molecular weight excluding hydrogens is 463 g/mol. The molecule has 0 bridgehead atoms. The summed E-state index contributed by atoms with van der Waals surface area (Å²) >= 11 is 0. The zero-order chi connectivity index (χ0) is 24.9. The molecule has 180 valence electrons. The predicted octanol–water partition coefficient (Wildman–Crippen LogP) is 3.99. The van der Waals surface area contributed by atoms with E-state index in [0.717, 1.165) is 22.0 Å². The van der Waals surface area contributed by atoms with E-state index in [0.29, 0.717) is 17.2 Å². The first-order valence-electron chi connectivity index (χ1n) is 10.1. The Hall–Kier alpha value is -3.79. The van der Waals surface area contributed by atoms with Gasteiger partial charge < -0.3 is 19.5 Å². The highest BCUT2D eigenvalue weighted by Gasteiger charge is 2.28. The molecule has 8 nitrogen and oxygen atoms in total. The minimum atomic E-state index is -4.25. The van der Waals surface area contributed by atoms with Gasteiger partial charge in [0.05, 0.1) is 37.6 Å². The number of amides is 1. The quantitative estimate of drug-likeness (QED) is 0.490. The van der Waals surface area contributed by atoms with Crippen LogP contribution >= 0.6 is 0 Å². The summed E-state index contributed by atoms with van der Waals surface area (Å²) in [6.45, 7) is 1.28. The third kappa shape index (κ3) is 5.40. The van der Waals surface area contributed by atoms with Gasteiger partial charge in [0.15, 0.2) is 11.5 Å². The van der Waals surface area contributed by atoms with E-state index >= 15 is 0 Å². The van der Waals surface area contributed by atoms with Gasteiger partial charge in [-0.3, -0.25) is 9.10 Å². The molecule has 0 atom stereocenters. The largest absolute Gasteiger partial charge is 0.495 e. The zero-order valence-corrected chi connectivity index (χ0v) is 20.0. The van der Waals surface area contributed by atoms with Gasteiger partial charge in [0.2, 0.25) is 5.91 Å². The lowest BCUT2D eigenvalue weighted by atomic mass is 10.2. The molecule has 1 amide bonds. The van der Waals surface area contributed by atoms with Crippen LogP contribution in [0.15, 0.2) is 65.6 Å². The topological polar surface area (TPSA) is 94.2 Å². The van der Waals surface area contributed by atoms with E-state index in [-0.39, 0.29) is 16.3 Å². The number of carbonyl (C=O) groups is 1. The summed E-state index contributed by atoms with van der Waals surface area (Å²) in [7, 11) is 0.0274. The molecule has 0 aliphatic rings. The molecule has 0 radical (unpaired) electrons.